The van der Waals surface area contributed by atoms with E-state index in [1.165, 1.54) is 0 Å². The molecule has 0 radical (unpaired) electrons. The van der Waals surface area contributed by atoms with Gasteiger partial charge < -0.3 is 10.5 Å². The summed E-state index contributed by atoms with van der Waals surface area (Å²) in [6, 6.07) is 2.23. The Hall–Kier alpha value is -2.59. The molecule has 0 fully saturated rings. The highest BCUT2D eigenvalue weighted by Gasteiger charge is 2.45. The van der Waals surface area contributed by atoms with Crippen LogP contribution >= 0.6 is 0 Å². The number of rotatable bonds is 3. The van der Waals surface area contributed by atoms with E-state index in [0.717, 1.165) is 12.1 Å². The normalized spacial score (nSPS) is 11.9. The van der Waals surface area contributed by atoms with Crippen molar-refractivity contribution in [3.05, 3.63) is 29.3 Å². The average Bonchev–Trinajstić information content (AvgIpc) is 2.35. The van der Waals surface area contributed by atoms with E-state index >= 15 is 0 Å². The van der Waals surface area contributed by atoms with E-state index in [-0.39, 0.29) is 0 Å². The van der Waals surface area contributed by atoms with Crippen molar-refractivity contribution in [1.29, 1.82) is 5.41 Å². The number of Topliss-reactive ketones (excluding diaryl/α,β-unsaturated/α-hetero) is 1. The highest BCUT2D eigenvalue weighted by molar-refractivity contribution is 6.12. The van der Waals surface area contributed by atoms with Gasteiger partial charge in [-0.2, -0.15) is 26.3 Å². The molecule has 11 heteroatoms. The zero-order valence-electron chi connectivity index (χ0n) is 10.3. The van der Waals surface area contributed by atoms with Crippen LogP contribution in [-0.4, -0.2) is 29.9 Å². The van der Waals surface area contributed by atoms with Gasteiger partial charge in [0, 0.05) is 5.56 Å². The number of nitrogens with one attached hydrogen (secondary N) is 1. The number of benzene rings is 1. The molecule has 120 valence electrons. The number of carbonyl (C=O) groups is 2. The summed E-state index contributed by atoms with van der Waals surface area (Å²) in [5, 5.41) is 7.07. The van der Waals surface area contributed by atoms with E-state index in [9.17, 15) is 35.9 Å². The van der Waals surface area contributed by atoms with Crippen molar-refractivity contribution in [3.8, 4) is 5.75 Å². The highest BCUT2D eigenvalue weighted by Crippen LogP contribution is 2.31. The Morgan fingerprint density at radius 2 is 1.59 bits per heavy atom. The third kappa shape index (κ3) is 3.74. The predicted molar refractivity (Wildman–Crippen MR) is 59.5 cm³/mol. The Balaban J connectivity index is 3.46. The maximum absolute atomic E-state index is 12.5. The third-order valence-electron chi connectivity index (χ3n) is 2.24. The van der Waals surface area contributed by atoms with Gasteiger partial charge in [-0.25, -0.2) is 4.79 Å². The van der Waals surface area contributed by atoms with Crippen molar-refractivity contribution in [2.45, 2.75) is 12.4 Å². The third-order valence-corrected chi connectivity index (χ3v) is 2.24. The molecule has 0 aliphatic heterocycles. The maximum atomic E-state index is 12.5. The first-order valence-electron chi connectivity index (χ1n) is 5.23. The molecule has 22 heavy (non-hydrogen) atoms. The van der Waals surface area contributed by atoms with Crippen molar-refractivity contribution in [3.63, 3.8) is 0 Å². The van der Waals surface area contributed by atoms with E-state index in [1.807, 2.05) is 0 Å². The Morgan fingerprint density at radius 3 is 2.00 bits per heavy atom. The quantitative estimate of drug-likeness (QED) is 0.222. The van der Waals surface area contributed by atoms with Gasteiger partial charge in [0.15, 0.2) is 0 Å². The standard InChI is InChI=1S/C11H6F6N2O3/c12-10(13,14)7(20)6-4(8(18)19)2-1-3-5(6)22-9(21)11(15,16)17/h1-3H,(H3,18,19). The lowest BCUT2D eigenvalue weighted by Gasteiger charge is -2.15. The van der Waals surface area contributed by atoms with Crippen LogP contribution in [0.1, 0.15) is 15.9 Å². The van der Waals surface area contributed by atoms with E-state index in [1.54, 1.807) is 0 Å². The minimum atomic E-state index is -5.48. The van der Waals surface area contributed by atoms with Crippen LogP contribution in [0.25, 0.3) is 0 Å². The molecule has 0 atom stereocenters. The highest BCUT2D eigenvalue weighted by atomic mass is 19.4. The molecular formula is C11H6F6N2O3. The van der Waals surface area contributed by atoms with E-state index in [2.05, 4.69) is 4.74 Å². The zero-order chi connectivity index (χ0) is 17.3. The monoisotopic (exact) mass is 328 g/mol. The van der Waals surface area contributed by atoms with E-state index in [4.69, 9.17) is 11.1 Å². The van der Waals surface area contributed by atoms with Gasteiger partial charge in [-0.15, -0.1) is 0 Å². The Morgan fingerprint density at radius 1 is 1.05 bits per heavy atom. The molecule has 0 aliphatic carbocycles. The smallest absolute Gasteiger partial charge is 0.419 e. The number of ketones is 1. The topological polar surface area (TPSA) is 93.2 Å². The first-order chi connectivity index (χ1) is 9.85. The van der Waals surface area contributed by atoms with Crippen LogP contribution in [0.3, 0.4) is 0 Å². The summed E-state index contributed by atoms with van der Waals surface area (Å²) in [5.74, 6) is -7.72. The lowest BCUT2D eigenvalue weighted by molar-refractivity contribution is -0.189. The van der Waals surface area contributed by atoms with Crippen LogP contribution in [0.2, 0.25) is 0 Å². The van der Waals surface area contributed by atoms with Gasteiger partial charge in [-0.1, -0.05) is 12.1 Å². The summed E-state index contributed by atoms with van der Waals surface area (Å²) in [7, 11) is 0. The second kappa shape index (κ2) is 5.66. The summed E-state index contributed by atoms with van der Waals surface area (Å²) in [5.41, 5.74) is 2.73. The Kier molecular flexibility index (Phi) is 4.49. The van der Waals surface area contributed by atoms with Crippen molar-refractivity contribution in [1.82, 2.24) is 0 Å². The first-order valence-corrected chi connectivity index (χ1v) is 5.23. The van der Waals surface area contributed by atoms with Gasteiger partial charge in [0.05, 0.1) is 5.56 Å². The van der Waals surface area contributed by atoms with Crippen molar-refractivity contribution in [2.24, 2.45) is 5.73 Å². The SMILES string of the molecule is N=C(N)c1cccc(OC(=O)C(F)(F)F)c1C(=O)C(F)(F)F. The lowest BCUT2D eigenvalue weighted by atomic mass is 10.0. The predicted octanol–water partition coefficient (Wildman–Crippen LogP) is 2.18. The Labute approximate surface area is 118 Å². The first kappa shape index (κ1) is 17.5. The largest absolute Gasteiger partial charge is 0.491 e. The number of hydrogen-bond acceptors (Lipinski definition) is 4. The fourth-order valence-electron chi connectivity index (χ4n) is 1.37. The number of carbonyl (C=O) groups excluding carboxylic acids is 2. The number of ether oxygens (including phenoxy) is 1. The number of halogens is 6. The van der Waals surface area contributed by atoms with Crippen molar-refractivity contribution < 1.29 is 40.7 Å². The number of alkyl halides is 6. The summed E-state index contributed by atoms with van der Waals surface area (Å²) < 4.78 is 77.6. The molecule has 1 aromatic rings. The molecule has 0 unspecified atom stereocenters. The fourth-order valence-corrected chi connectivity index (χ4v) is 1.37. The molecule has 0 saturated carbocycles. The number of amidine groups is 1. The van der Waals surface area contributed by atoms with Crippen LogP contribution in [-0.2, 0) is 4.79 Å². The van der Waals surface area contributed by atoms with Gasteiger partial charge in [0.2, 0.25) is 0 Å². The van der Waals surface area contributed by atoms with Crippen LogP contribution in [0, 0.1) is 5.41 Å². The van der Waals surface area contributed by atoms with Gasteiger partial charge >= 0.3 is 18.3 Å². The number of esters is 1. The molecular weight excluding hydrogens is 322 g/mol. The zero-order valence-corrected chi connectivity index (χ0v) is 10.3. The Bertz CT molecular complexity index is 636. The number of hydrogen-bond donors (Lipinski definition) is 2. The number of nitrogen functional groups attached to an aromatic ring is 1. The lowest BCUT2D eigenvalue weighted by Crippen LogP contribution is -2.31. The second-order valence-electron chi connectivity index (χ2n) is 3.81. The van der Waals surface area contributed by atoms with Gasteiger partial charge in [0.25, 0.3) is 5.78 Å². The summed E-state index contributed by atoms with van der Waals surface area (Å²) in [6.45, 7) is 0. The van der Waals surface area contributed by atoms with Crippen LogP contribution in [0.4, 0.5) is 26.3 Å². The molecule has 0 bridgehead atoms. The molecule has 1 aromatic carbocycles. The van der Waals surface area contributed by atoms with Gasteiger partial charge in [-0.3, -0.25) is 10.2 Å². The molecule has 0 saturated heterocycles. The minimum absolute atomic E-state index is 0.551. The maximum Gasteiger partial charge on any atom is 0.491 e. The van der Waals surface area contributed by atoms with E-state index in [0.29, 0.717) is 6.07 Å². The molecule has 0 amide bonds. The number of nitrogens with two attached hydrogens (primary N) is 1. The van der Waals surface area contributed by atoms with Crippen molar-refractivity contribution in [2.75, 3.05) is 0 Å². The van der Waals surface area contributed by atoms with Crippen molar-refractivity contribution >= 4 is 17.6 Å². The van der Waals surface area contributed by atoms with Gasteiger partial charge in [-0.05, 0) is 6.07 Å². The summed E-state index contributed by atoms with van der Waals surface area (Å²) in [4.78, 5) is 22.0. The van der Waals surface area contributed by atoms with Gasteiger partial charge in [0.1, 0.15) is 11.6 Å². The summed E-state index contributed by atoms with van der Waals surface area (Å²) >= 11 is 0. The molecule has 0 heterocycles. The van der Waals surface area contributed by atoms with E-state index < -0.39 is 46.8 Å². The fraction of sp³-hybridized carbons (Fsp3) is 0.182. The second-order valence-corrected chi connectivity index (χ2v) is 3.81. The molecule has 1 rings (SSSR count). The molecule has 3 N–H and O–H groups in total. The molecule has 0 aliphatic rings. The van der Waals surface area contributed by atoms with Crippen LogP contribution in [0.5, 0.6) is 5.75 Å². The van der Waals surface area contributed by atoms with Crippen LogP contribution < -0.4 is 10.5 Å². The molecule has 5 nitrogen and oxygen atoms in total. The molecule has 0 spiro atoms. The van der Waals surface area contributed by atoms with Crippen LogP contribution in [0.15, 0.2) is 18.2 Å². The summed E-state index contributed by atoms with van der Waals surface area (Å²) in [6.07, 6.45) is -10.9. The average molecular weight is 328 g/mol. The minimum Gasteiger partial charge on any atom is -0.419 e. The molecule has 0 aromatic heterocycles.